The zero-order valence-electron chi connectivity index (χ0n) is 16.1. The summed E-state index contributed by atoms with van der Waals surface area (Å²) >= 11 is 0. The molecule has 0 radical (unpaired) electrons. The van der Waals surface area contributed by atoms with Gasteiger partial charge in [0.05, 0.1) is 25.5 Å². The molecule has 1 aromatic carbocycles. The number of anilines is 1. The summed E-state index contributed by atoms with van der Waals surface area (Å²) in [5.41, 5.74) is 0.390. The summed E-state index contributed by atoms with van der Waals surface area (Å²) in [5, 5.41) is 1.32. The van der Waals surface area contributed by atoms with E-state index >= 15 is 0 Å². The molecule has 2 amide bonds. The van der Waals surface area contributed by atoms with Crippen LogP contribution in [0.4, 0.5) is 10.7 Å². The highest BCUT2D eigenvalue weighted by Gasteiger charge is 2.35. The first-order valence-electron chi connectivity index (χ1n) is 8.42. The van der Waals surface area contributed by atoms with E-state index in [-0.39, 0.29) is 29.9 Å². The van der Waals surface area contributed by atoms with Crippen LogP contribution in [0.1, 0.15) is 12.5 Å². The van der Waals surface area contributed by atoms with Crippen molar-refractivity contribution in [3.05, 3.63) is 29.8 Å². The molecule has 12 nitrogen and oxygen atoms in total. The highest BCUT2D eigenvalue weighted by Crippen LogP contribution is 2.35. The van der Waals surface area contributed by atoms with E-state index in [1.54, 1.807) is 10.8 Å². The number of urea groups is 1. The van der Waals surface area contributed by atoms with Crippen LogP contribution in [0.5, 0.6) is 17.5 Å². The number of methoxy groups -OCH3 is 2. The molecular formula is C16H18N4O8S2. The van der Waals surface area contributed by atoms with Crippen LogP contribution in [0, 0.1) is 0 Å². The van der Waals surface area contributed by atoms with Crippen molar-refractivity contribution in [3.63, 3.8) is 0 Å². The SMILES string of the molecule is COc1cc(OC)nc(NC(=O)NS(=O)(=O)c2cccc3c2OS(=O)(=O)C(C)C3)n1. The quantitative estimate of drug-likeness (QED) is 0.608. The number of nitrogens with zero attached hydrogens (tertiary/aromatic N) is 2. The third-order valence-corrected chi connectivity index (χ3v) is 7.01. The number of para-hydroxylation sites is 1. The van der Waals surface area contributed by atoms with Gasteiger partial charge in [0, 0.05) is 0 Å². The number of carbonyl (C=O) groups excluding carboxylic acids is 1. The molecule has 2 heterocycles. The van der Waals surface area contributed by atoms with Crippen molar-refractivity contribution >= 4 is 32.1 Å². The van der Waals surface area contributed by atoms with Crippen molar-refractivity contribution in [2.24, 2.45) is 0 Å². The average Bonchev–Trinajstić information content (AvgIpc) is 2.67. The summed E-state index contributed by atoms with van der Waals surface area (Å²) in [5.74, 6) is -0.466. The summed E-state index contributed by atoms with van der Waals surface area (Å²) in [6.07, 6.45) is 0.0741. The predicted molar refractivity (Wildman–Crippen MR) is 104 cm³/mol. The van der Waals surface area contributed by atoms with Crippen LogP contribution < -0.4 is 23.7 Å². The fourth-order valence-corrected chi connectivity index (χ4v) is 4.72. The highest BCUT2D eigenvalue weighted by molar-refractivity contribution is 7.90. The van der Waals surface area contributed by atoms with Crippen LogP contribution in [0.15, 0.2) is 29.2 Å². The number of nitrogens with one attached hydrogen (secondary N) is 2. The minimum Gasteiger partial charge on any atom is -0.481 e. The Bertz CT molecular complexity index is 1180. The lowest BCUT2D eigenvalue weighted by Crippen LogP contribution is -2.36. The number of ether oxygens (including phenoxy) is 2. The fraction of sp³-hybridized carbons (Fsp3) is 0.312. The van der Waals surface area contributed by atoms with Crippen LogP contribution in [0.2, 0.25) is 0 Å². The number of carbonyl (C=O) groups is 1. The van der Waals surface area contributed by atoms with Crippen LogP contribution in [0.25, 0.3) is 0 Å². The van der Waals surface area contributed by atoms with Crippen molar-refractivity contribution in [3.8, 4) is 17.5 Å². The van der Waals surface area contributed by atoms with E-state index in [9.17, 15) is 21.6 Å². The van der Waals surface area contributed by atoms with Gasteiger partial charge >= 0.3 is 16.1 Å². The third kappa shape index (κ3) is 4.38. The molecule has 30 heavy (non-hydrogen) atoms. The minimum atomic E-state index is -4.49. The van der Waals surface area contributed by atoms with E-state index in [0.717, 1.165) is 6.07 Å². The number of rotatable bonds is 5. The molecule has 162 valence electrons. The largest absolute Gasteiger partial charge is 0.481 e. The lowest BCUT2D eigenvalue weighted by atomic mass is 10.1. The first-order chi connectivity index (χ1) is 14.1. The van der Waals surface area contributed by atoms with Gasteiger partial charge in [0.15, 0.2) is 5.75 Å². The summed E-state index contributed by atoms with van der Waals surface area (Å²) in [4.78, 5) is 19.4. The van der Waals surface area contributed by atoms with Gasteiger partial charge in [0.2, 0.25) is 17.7 Å². The smallest absolute Gasteiger partial charge is 0.335 e. The van der Waals surface area contributed by atoms with Crippen molar-refractivity contribution in [2.75, 3.05) is 19.5 Å². The molecule has 1 aromatic heterocycles. The fourth-order valence-electron chi connectivity index (χ4n) is 2.61. The summed E-state index contributed by atoms with van der Waals surface area (Å²) < 4.78 is 66.1. The zero-order chi connectivity index (χ0) is 22.1. The van der Waals surface area contributed by atoms with Crippen molar-refractivity contribution in [2.45, 2.75) is 23.5 Å². The lowest BCUT2D eigenvalue weighted by Gasteiger charge is -2.24. The second-order valence-corrected chi connectivity index (χ2v) is 9.78. The molecule has 2 aromatic rings. The van der Waals surface area contributed by atoms with Crippen molar-refractivity contribution in [1.82, 2.24) is 14.7 Å². The number of aromatic nitrogens is 2. The van der Waals surface area contributed by atoms with Crippen LogP contribution in [-0.2, 0) is 26.6 Å². The molecule has 3 rings (SSSR count). The molecule has 1 aliphatic rings. The van der Waals surface area contributed by atoms with Gasteiger partial charge in [-0.25, -0.2) is 17.9 Å². The third-order valence-electron chi connectivity index (χ3n) is 4.10. The Labute approximate surface area is 172 Å². The summed E-state index contributed by atoms with van der Waals surface area (Å²) in [7, 11) is -5.81. The predicted octanol–water partition coefficient (Wildman–Crippen LogP) is 0.657. The first kappa shape index (κ1) is 21.6. The Morgan fingerprint density at radius 1 is 1.20 bits per heavy atom. The number of hydrogen-bond donors (Lipinski definition) is 2. The molecule has 1 atom stereocenters. The molecule has 1 aliphatic heterocycles. The number of amides is 2. The topological polar surface area (TPSA) is 163 Å². The van der Waals surface area contributed by atoms with E-state index in [4.69, 9.17) is 13.7 Å². The maximum atomic E-state index is 12.7. The first-order valence-corrected chi connectivity index (χ1v) is 11.4. The summed E-state index contributed by atoms with van der Waals surface area (Å²) in [6.45, 7) is 1.45. The van der Waals surface area contributed by atoms with Gasteiger partial charge in [-0.2, -0.15) is 18.4 Å². The van der Waals surface area contributed by atoms with Crippen LogP contribution in [-0.4, -0.2) is 52.3 Å². The van der Waals surface area contributed by atoms with E-state index in [1.807, 2.05) is 0 Å². The zero-order valence-corrected chi connectivity index (χ0v) is 17.7. The van der Waals surface area contributed by atoms with Gasteiger partial charge < -0.3 is 13.7 Å². The van der Waals surface area contributed by atoms with Crippen LogP contribution >= 0.6 is 0 Å². The standard InChI is InChI=1S/C16H18N4O8S2/c1-9-7-10-5-4-6-11(14(10)28-30(9,24)25)29(22,23)20-16(21)19-15-17-12(26-2)8-13(18-15)27-3/h4-6,8-9H,7H2,1-3H3,(H2,17,18,19,20,21). The molecule has 14 heteroatoms. The normalized spacial score (nSPS) is 17.2. The summed E-state index contributed by atoms with van der Waals surface area (Å²) in [6, 6.07) is 4.28. The Hall–Kier alpha value is -3.13. The Morgan fingerprint density at radius 2 is 1.83 bits per heavy atom. The molecule has 0 saturated heterocycles. The van der Waals surface area contributed by atoms with Gasteiger partial charge in [0.25, 0.3) is 10.0 Å². The van der Waals surface area contributed by atoms with E-state index in [2.05, 4.69) is 15.3 Å². The molecule has 0 fully saturated rings. The van der Waals surface area contributed by atoms with Gasteiger partial charge in [-0.1, -0.05) is 12.1 Å². The number of benzene rings is 1. The molecule has 2 N–H and O–H groups in total. The van der Waals surface area contributed by atoms with E-state index in [0.29, 0.717) is 5.56 Å². The van der Waals surface area contributed by atoms with E-state index in [1.165, 1.54) is 33.3 Å². The maximum Gasteiger partial charge on any atom is 0.335 e. The lowest BCUT2D eigenvalue weighted by molar-refractivity contribution is 0.256. The number of hydrogen-bond acceptors (Lipinski definition) is 10. The molecule has 0 bridgehead atoms. The second kappa shape index (κ2) is 7.95. The number of fused-ring (bicyclic) bond motifs is 1. The monoisotopic (exact) mass is 458 g/mol. The van der Waals surface area contributed by atoms with Crippen LogP contribution in [0.3, 0.4) is 0 Å². The Kier molecular flexibility index (Phi) is 5.72. The Morgan fingerprint density at radius 3 is 2.43 bits per heavy atom. The van der Waals surface area contributed by atoms with Gasteiger partial charge in [-0.05, 0) is 25.0 Å². The van der Waals surface area contributed by atoms with Gasteiger partial charge in [-0.15, -0.1) is 0 Å². The van der Waals surface area contributed by atoms with Crippen molar-refractivity contribution < 1.29 is 35.3 Å². The highest BCUT2D eigenvalue weighted by atomic mass is 32.2. The van der Waals surface area contributed by atoms with E-state index < -0.39 is 36.3 Å². The minimum absolute atomic E-state index is 0.0739. The molecule has 0 aliphatic carbocycles. The van der Waals surface area contributed by atoms with Gasteiger partial charge in [0.1, 0.15) is 4.90 Å². The molecule has 0 saturated carbocycles. The van der Waals surface area contributed by atoms with Gasteiger partial charge in [-0.3, -0.25) is 5.32 Å². The average molecular weight is 458 g/mol. The molecule has 0 spiro atoms. The molecular weight excluding hydrogens is 440 g/mol. The van der Waals surface area contributed by atoms with Crippen molar-refractivity contribution in [1.29, 1.82) is 0 Å². The maximum absolute atomic E-state index is 12.7. The molecule has 1 unspecified atom stereocenters. The Balaban J connectivity index is 1.86. The second-order valence-electron chi connectivity index (χ2n) is 6.17. The number of sulfonamides is 1.